The van der Waals surface area contributed by atoms with E-state index in [2.05, 4.69) is 16.6 Å². The van der Waals surface area contributed by atoms with Crippen molar-refractivity contribution in [2.75, 3.05) is 6.54 Å². The molecular formula is C14H23N3O2S2. The van der Waals surface area contributed by atoms with E-state index in [1.54, 1.807) is 0 Å². The maximum atomic E-state index is 12.0. The lowest BCUT2D eigenvalue weighted by molar-refractivity contribution is 0.567. The average molecular weight is 329 g/mol. The lowest BCUT2D eigenvalue weighted by Gasteiger charge is -2.07. The van der Waals surface area contributed by atoms with Crippen molar-refractivity contribution >= 4 is 27.2 Å². The zero-order valence-electron chi connectivity index (χ0n) is 12.3. The molecule has 0 spiro atoms. The normalized spacial score (nSPS) is 11.5. The van der Waals surface area contributed by atoms with Crippen LogP contribution in [0.4, 0.5) is 0 Å². The third-order valence-electron chi connectivity index (χ3n) is 3.12. The van der Waals surface area contributed by atoms with Crippen molar-refractivity contribution in [3.05, 3.63) is 24.0 Å². The number of hydrogen-bond donors (Lipinski definition) is 2. The van der Waals surface area contributed by atoms with Crippen molar-refractivity contribution in [2.45, 2.75) is 50.3 Å². The predicted octanol–water partition coefficient (Wildman–Crippen LogP) is 2.35. The molecule has 0 saturated heterocycles. The molecule has 21 heavy (non-hydrogen) atoms. The first-order chi connectivity index (χ1) is 9.97. The zero-order valence-corrected chi connectivity index (χ0v) is 14.0. The number of aromatic nitrogens is 1. The highest BCUT2D eigenvalue weighted by molar-refractivity contribution is 7.89. The second kappa shape index (κ2) is 9.07. The second-order valence-electron chi connectivity index (χ2n) is 4.91. The first-order valence-corrected chi connectivity index (χ1v) is 9.12. The molecule has 118 valence electrons. The molecule has 0 unspecified atom stereocenters. The Labute approximate surface area is 132 Å². The molecule has 0 aliphatic carbocycles. The fraction of sp³-hybridized carbons (Fsp3) is 0.571. The summed E-state index contributed by atoms with van der Waals surface area (Å²) in [6.45, 7) is 2.62. The highest BCUT2D eigenvalue weighted by atomic mass is 32.2. The van der Waals surface area contributed by atoms with Gasteiger partial charge in [0.05, 0.1) is 5.69 Å². The molecule has 0 aromatic carbocycles. The molecule has 7 heteroatoms. The minimum absolute atomic E-state index is 0.133. The Morgan fingerprint density at radius 2 is 1.90 bits per heavy atom. The molecule has 1 heterocycles. The summed E-state index contributed by atoms with van der Waals surface area (Å²) >= 11 is 4.78. The summed E-state index contributed by atoms with van der Waals surface area (Å²) < 4.78 is 26.6. The van der Waals surface area contributed by atoms with Gasteiger partial charge in [0.1, 0.15) is 9.88 Å². The molecule has 0 bridgehead atoms. The van der Waals surface area contributed by atoms with Gasteiger partial charge in [-0.3, -0.25) is 4.98 Å². The van der Waals surface area contributed by atoms with Gasteiger partial charge in [0, 0.05) is 12.7 Å². The molecule has 1 rings (SSSR count). The highest BCUT2D eigenvalue weighted by Crippen LogP contribution is 2.09. The SMILES string of the molecule is CCCCCCCCNS(=O)(=O)c1ccc(C(N)=S)nc1. The average Bonchev–Trinajstić information content (AvgIpc) is 2.46. The highest BCUT2D eigenvalue weighted by Gasteiger charge is 2.13. The number of sulfonamides is 1. The summed E-state index contributed by atoms with van der Waals surface area (Å²) in [6.07, 6.45) is 7.99. The quantitative estimate of drug-likeness (QED) is 0.508. The molecule has 0 amide bonds. The van der Waals surface area contributed by atoms with E-state index >= 15 is 0 Å². The summed E-state index contributed by atoms with van der Waals surface area (Å²) in [6, 6.07) is 2.98. The summed E-state index contributed by atoms with van der Waals surface area (Å²) in [5.74, 6) is 0. The Balaban J connectivity index is 2.41. The van der Waals surface area contributed by atoms with E-state index in [0.717, 1.165) is 19.3 Å². The Hall–Kier alpha value is -1.05. The standard InChI is InChI=1S/C14H23N3O2S2/c1-2-3-4-5-6-7-10-17-21(18,19)12-8-9-13(14(15)20)16-11-12/h8-9,11,17H,2-7,10H2,1H3,(H2,15,20). The van der Waals surface area contributed by atoms with Crippen LogP contribution in [0.3, 0.4) is 0 Å². The van der Waals surface area contributed by atoms with Crippen LogP contribution in [-0.2, 0) is 10.0 Å². The van der Waals surface area contributed by atoms with Gasteiger partial charge in [-0.15, -0.1) is 0 Å². The zero-order chi connectivity index (χ0) is 15.7. The summed E-state index contributed by atoms with van der Waals surface area (Å²) in [7, 11) is -3.50. The van der Waals surface area contributed by atoms with E-state index in [1.165, 1.54) is 37.6 Å². The van der Waals surface area contributed by atoms with Crippen LogP contribution in [0.5, 0.6) is 0 Å². The van der Waals surface area contributed by atoms with E-state index in [9.17, 15) is 8.42 Å². The van der Waals surface area contributed by atoms with Crippen molar-refractivity contribution in [1.29, 1.82) is 0 Å². The number of nitrogens with zero attached hydrogens (tertiary/aromatic N) is 1. The van der Waals surface area contributed by atoms with Crippen LogP contribution in [0.2, 0.25) is 0 Å². The largest absolute Gasteiger partial charge is 0.388 e. The maximum absolute atomic E-state index is 12.0. The topological polar surface area (TPSA) is 85.1 Å². The van der Waals surface area contributed by atoms with Crippen molar-refractivity contribution in [3.63, 3.8) is 0 Å². The van der Waals surface area contributed by atoms with E-state index in [0.29, 0.717) is 12.2 Å². The van der Waals surface area contributed by atoms with Gasteiger partial charge in [0.25, 0.3) is 0 Å². The second-order valence-corrected chi connectivity index (χ2v) is 7.12. The Morgan fingerprint density at radius 1 is 1.24 bits per heavy atom. The molecule has 0 saturated carbocycles. The summed E-state index contributed by atoms with van der Waals surface area (Å²) in [4.78, 5) is 4.22. The van der Waals surface area contributed by atoms with Crippen LogP contribution < -0.4 is 10.5 Å². The lowest BCUT2D eigenvalue weighted by atomic mass is 10.1. The van der Waals surface area contributed by atoms with Gasteiger partial charge >= 0.3 is 0 Å². The number of nitrogens with one attached hydrogen (secondary N) is 1. The lowest BCUT2D eigenvalue weighted by Crippen LogP contribution is -2.25. The smallest absolute Gasteiger partial charge is 0.242 e. The van der Waals surface area contributed by atoms with E-state index < -0.39 is 10.0 Å². The third-order valence-corrected chi connectivity index (χ3v) is 4.78. The molecule has 1 aromatic heterocycles. The van der Waals surface area contributed by atoms with Gasteiger partial charge in [-0.05, 0) is 18.6 Å². The Kier molecular flexibility index (Phi) is 7.77. The predicted molar refractivity (Wildman–Crippen MR) is 88.7 cm³/mol. The molecule has 5 nitrogen and oxygen atoms in total. The molecule has 1 aromatic rings. The van der Waals surface area contributed by atoms with Gasteiger partial charge < -0.3 is 5.73 Å². The van der Waals surface area contributed by atoms with E-state index in [-0.39, 0.29) is 9.88 Å². The Morgan fingerprint density at radius 3 is 2.48 bits per heavy atom. The molecule has 0 aliphatic heterocycles. The number of hydrogen-bond acceptors (Lipinski definition) is 4. The minimum atomic E-state index is -3.50. The van der Waals surface area contributed by atoms with Gasteiger partial charge in [0.2, 0.25) is 10.0 Å². The van der Waals surface area contributed by atoms with Gasteiger partial charge in [-0.25, -0.2) is 13.1 Å². The van der Waals surface area contributed by atoms with Crippen molar-refractivity contribution in [2.24, 2.45) is 5.73 Å². The van der Waals surface area contributed by atoms with Crippen LogP contribution in [0.25, 0.3) is 0 Å². The number of unbranched alkanes of at least 4 members (excludes halogenated alkanes) is 5. The van der Waals surface area contributed by atoms with Gasteiger partial charge in [-0.1, -0.05) is 51.2 Å². The molecule has 0 atom stereocenters. The van der Waals surface area contributed by atoms with Crippen LogP contribution in [0.15, 0.2) is 23.2 Å². The maximum Gasteiger partial charge on any atom is 0.242 e. The minimum Gasteiger partial charge on any atom is -0.388 e. The molecule has 3 N–H and O–H groups in total. The fourth-order valence-electron chi connectivity index (χ4n) is 1.88. The van der Waals surface area contributed by atoms with Crippen molar-refractivity contribution in [1.82, 2.24) is 9.71 Å². The number of nitrogens with two attached hydrogens (primary N) is 1. The van der Waals surface area contributed by atoms with Crippen molar-refractivity contribution < 1.29 is 8.42 Å². The van der Waals surface area contributed by atoms with E-state index in [1.807, 2.05) is 0 Å². The van der Waals surface area contributed by atoms with Crippen LogP contribution in [0, 0.1) is 0 Å². The van der Waals surface area contributed by atoms with Crippen LogP contribution >= 0.6 is 12.2 Å². The monoisotopic (exact) mass is 329 g/mol. The number of rotatable bonds is 10. The molecule has 0 aliphatic rings. The molecular weight excluding hydrogens is 306 g/mol. The molecule has 0 radical (unpaired) electrons. The number of thiocarbonyl (C=S) groups is 1. The van der Waals surface area contributed by atoms with Gasteiger partial charge in [0.15, 0.2) is 0 Å². The number of pyridine rings is 1. The summed E-state index contributed by atoms with van der Waals surface area (Å²) in [5.41, 5.74) is 5.84. The van der Waals surface area contributed by atoms with Crippen molar-refractivity contribution in [3.8, 4) is 0 Å². The fourth-order valence-corrected chi connectivity index (χ4v) is 3.02. The van der Waals surface area contributed by atoms with Crippen LogP contribution in [0.1, 0.15) is 51.1 Å². The molecule has 0 fully saturated rings. The first-order valence-electron chi connectivity index (χ1n) is 7.23. The first kappa shape index (κ1) is 18.0. The van der Waals surface area contributed by atoms with E-state index in [4.69, 9.17) is 18.0 Å². The third kappa shape index (κ3) is 6.50. The van der Waals surface area contributed by atoms with Crippen LogP contribution in [-0.4, -0.2) is 24.9 Å². The summed E-state index contributed by atoms with van der Waals surface area (Å²) in [5, 5.41) is 0. The van der Waals surface area contributed by atoms with Gasteiger partial charge in [-0.2, -0.15) is 0 Å². The Bertz CT molecular complexity index is 542.